The number of carbonyl (C=O) groups excluding carboxylic acids is 1. The number of fused-ring (bicyclic) bond motifs is 1. The zero-order chi connectivity index (χ0) is 20.6. The number of sulfonamides is 1. The highest BCUT2D eigenvalue weighted by Crippen LogP contribution is 2.25. The molecular formula is C22H25N3O3S. The van der Waals surface area contributed by atoms with Gasteiger partial charge in [-0.2, -0.15) is 4.31 Å². The average Bonchev–Trinajstić information content (AvgIpc) is 3.10. The summed E-state index contributed by atoms with van der Waals surface area (Å²) in [5.74, 6) is 0.0305. The first-order valence-corrected chi connectivity index (χ1v) is 11.2. The summed E-state index contributed by atoms with van der Waals surface area (Å²) < 4.78 is 29.8. The van der Waals surface area contributed by atoms with Crippen LogP contribution in [0.15, 0.2) is 59.6 Å². The number of aromatic nitrogens is 1. The Morgan fingerprint density at radius 1 is 0.966 bits per heavy atom. The lowest BCUT2D eigenvalue weighted by atomic mass is 10.2. The summed E-state index contributed by atoms with van der Waals surface area (Å²) in [4.78, 5) is 14.0. The molecule has 1 fully saturated rings. The molecule has 0 atom stereocenters. The van der Waals surface area contributed by atoms with Gasteiger partial charge in [-0.25, -0.2) is 8.42 Å². The molecule has 0 N–H and O–H groups in total. The van der Waals surface area contributed by atoms with Crippen molar-refractivity contribution >= 4 is 32.4 Å². The number of hydrogen-bond donors (Lipinski definition) is 0. The molecule has 0 saturated carbocycles. The van der Waals surface area contributed by atoms with Gasteiger partial charge in [0.2, 0.25) is 10.0 Å². The van der Waals surface area contributed by atoms with Crippen LogP contribution in [0.3, 0.4) is 0 Å². The van der Waals surface area contributed by atoms with Gasteiger partial charge in [0.25, 0.3) is 0 Å². The Hall–Kier alpha value is -2.64. The van der Waals surface area contributed by atoms with Gasteiger partial charge in [0, 0.05) is 43.6 Å². The van der Waals surface area contributed by atoms with Gasteiger partial charge in [-0.3, -0.25) is 4.79 Å². The third-order valence-corrected chi connectivity index (χ3v) is 7.31. The maximum atomic E-state index is 13.2. The lowest BCUT2D eigenvalue weighted by molar-refractivity contribution is -0.117. The van der Waals surface area contributed by atoms with Crippen molar-refractivity contribution in [3.63, 3.8) is 0 Å². The second-order valence-corrected chi connectivity index (χ2v) is 9.53. The Balaban J connectivity index is 1.54. The number of anilines is 1. The maximum absolute atomic E-state index is 13.2. The third-order valence-electron chi connectivity index (χ3n) is 5.41. The molecule has 29 heavy (non-hydrogen) atoms. The summed E-state index contributed by atoms with van der Waals surface area (Å²) in [6.45, 7) is 6.03. The first kappa shape index (κ1) is 19.7. The molecule has 3 aromatic rings. The van der Waals surface area contributed by atoms with Crippen molar-refractivity contribution in [3.05, 3.63) is 60.3 Å². The quantitative estimate of drug-likeness (QED) is 0.647. The van der Waals surface area contributed by atoms with Gasteiger partial charge in [0.05, 0.1) is 11.4 Å². The number of Topliss-reactive ketones (excluding diaryl/α,β-unsaturated/α-hetero) is 1. The second-order valence-electron chi connectivity index (χ2n) is 7.59. The Labute approximate surface area is 171 Å². The van der Waals surface area contributed by atoms with E-state index in [4.69, 9.17) is 0 Å². The van der Waals surface area contributed by atoms with E-state index in [1.807, 2.05) is 12.3 Å². The van der Waals surface area contributed by atoms with Crippen molar-refractivity contribution < 1.29 is 13.2 Å². The van der Waals surface area contributed by atoms with Crippen LogP contribution in [0.2, 0.25) is 0 Å². The fraction of sp³-hybridized carbons (Fsp3) is 0.318. The molecule has 0 amide bonds. The zero-order valence-corrected chi connectivity index (χ0v) is 17.5. The van der Waals surface area contributed by atoms with Crippen LogP contribution >= 0.6 is 0 Å². The highest BCUT2D eigenvalue weighted by atomic mass is 32.2. The van der Waals surface area contributed by atoms with E-state index in [2.05, 4.69) is 36.1 Å². The fourth-order valence-electron chi connectivity index (χ4n) is 3.79. The SMILES string of the molecule is CC(=O)Cn1ccc2ccc(S(=O)(=O)N3CCN(c4ccc(C)cc4)CC3)cc21. The largest absolute Gasteiger partial charge is 0.369 e. The fourth-order valence-corrected chi connectivity index (χ4v) is 5.24. The predicted octanol–water partition coefficient (Wildman–Crippen LogP) is 3.05. The standard InChI is InChI=1S/C22H25N3O3S/c1-17-3-6-20(7-4-17)23-11-13-25(14-12-23)29(27,28)21-8-5-19-9-10-24(16-18(2)26)22(19)15-21/h3-10,15H,11-14,16H2,1-2H3. The lowest BCUT2D eigenvalue weighted by Crippen LogP contribution is -2.48. The number of carbonyl (C=O) groups is 1. The van der Waals surface area contributed by atoms with Crippen LogP contribution in [0.1, 0.15) is 12.5 Å². The highest BCUT2D eigenvalue weighted by molar-refractivity contribution is 7.89. The summed E-state index contributed by atoms with van der Waals surface area (Å²) in [6.07, 6.45) is 1.82. The monoisotopic (exact) mass is 411 g/mol. The van der Waals surface area contributed by atoms with Gasteiger partial charge in [-0.1, -0.05) is 23.8 Å². The van der Waals surface area contributed by atoms with Crippen LogP contribution in [0, 0.1) is 6.92 Å². The predicted molar refractivity (Wildman–Crippen MR) is 115 cm³/mol. The summed E-state index contributed by atoms with van der Waals surface area (Å²) in [7, 11) is -3.58. The normalized spacial score (nSPS) is 15.7. The van der Waals surface area contributed by atoms with E-state index in [1.54, 1.807) is 27.1 Å². The Morgan fingerprint density at radius 2 is 1.66 bits per heavy atom. The molecule has 1 aliphatic heterocycles. The molecule has 0 spiro atoms. The molecule has 1 aliphatic rings. The van der Waals surface area contributed by atoms with Crippen molar-refractivity contribution in [3.8, 4) is 0 Å². The summed E-state index contributed by atoms with van der Waals surface area (Å²) in [5.41, 5.74) is 3.09. The van der Waals surface area contributed by atoms with Gasteiger partial charge in [-0.15, -0.1) is 0 Å². The lowest BCUT2D eigenvalue weighted by Gasteiger charge is -2.35. The number of nitrogens with zero attached hydrogens (tertiary/aromatic N) is 3. The van der Waals surface area contributed by atoms with Crippen LogP contribution in [0.25, 0.3) is 10.9 Å². The van der Waals surface area contributed by atoms with E-state index >= 15 is 0 Å². The number of aryl methyl sites for hydroxylation is 1. The molecular weight excluding hydrogens is 386 g/mol. The summed E-state index contributed by atoms with van der Waals surface area (Å²) in [6, 6.07) is 15.3. The van der Waals surface area contributed by atoms with Crippen LogP contribution in [0.5, 0.6) is 0 Å². The first-order chi connectivity index (χ1) is 13.8. The number of rotatable bonds is 5. The minimum absolute atomic E-state index is 0.0305. The molecule has 6 nitrogen and oxygen atoms in total. The first-order valence-electron chi connectivity index (χ1n) is 9.75. The second kappa shape index (κ2) is 7.65. The summed E-state index contributed by atoms with van der Waals surface area (Å²) in [5, 5.41) is 0.925. The number of benzene rings is 2. The van der Waals surface area contributed by atoms with Gasteiger partial charge >= 0.3 is 0 Å². The van der Waals surface area contributed by atoms with Crippen molar-refractivity contribution in [1.82, 2.24) is 8.87 Å². The molecule has 1 aromatic heterocycles. The van der Waals surface area contributed by atoms with E-state index in [-0.39, 0.29) is 17.2 Å². The molecule has 2 heterocycles. The van der Waals surface area contributed by atoms with Crippen molar-refractivity contribution in [2.75, 3.05) is 31.1 Å². The van der Waals surface area contributed by atoms with E-state index in [1.165, 1.54) is 12.5 Å². The van der Waals surface area contributed by atoms with Gasteiger partial charge in [0.1, 0.15) is 5.78 Å². The zero-order valence-electron chi connectivity index (χ0n) is 16.7. The number of piperazine rings is 1. The Morgan fingerprint density at radius 3 is 2.31 bits per heavy atom. The molecule has 0 aliphatic carbocycles. The van der Waals surface area contributed by atoms with Crippen molar-refractivity contribution in [2.45, 2.75) is 25.3 Å². The van der Waals surface area contributed by atoms with E-state index in [9.17, 15) is 13.2 Å². The Kier molecular flexibility index (Phi) is 5.19. The van der Waals surface area contributed by atoms with Gasteiger partial charge < -0.3 is 9.47 Å². The number of ketones is 1. The molecule has 0 radical (unpaired) electrons. The number of hydrogen-bond acceptors (Lipinski definition) is 4. The van der Waals surface area contributed by atoms with Gasteiger partial charge in [0.15, 0.2) is 0 Å². The minimum atomic E-state index is -3.58. The van der Waals surface area contributed by atoms with Crippen molar-refractivity contribution in [2.24, 2.45) is 0 Å². The van der Waals surface area contributed by atoms with Crippen molar-refractivity contribution in [1.29, 1.82) is 0 Å². The van der Waals surface area contributed by atoms with Crippen LogP contribution in [-0.2, 0) is 21.4 Å². The van der Waals surface area contributed by atoms with E-state index < -0.39 is 10.0 Å². The smallest absolute Gasteiger partial charge is 0.243 e. The van der Waals surface area contributed by atoms with E-state index in [0.717, 1.165) is 16.6 Å². The molecule has 152 valence electrons. The molecule has 0 unspecified atom stereocenters. The molecule has 4 rings (SSSR count). The highest BCUT2D eigenvalue weighted by Gasteiger charge is 2.29. The van der Waals surface area contributed by atoms with Crippen LogP contribution in [-0.4, -0.2) is 49.3 Å². The van der Waals surface area contributed by atoms with Crippen LogP contribution < -0.4 is 4.90 Å². The maximum Gasteiger partial charge on any atom is 0.243 e. The molecule has 0 bridgehead atoms. The average molecular weight is 412 g/mol. The Bertz CT molecular complexity index is 1140. The molecule has 7 heteroatoms. The van der Waals surface area contributed by atoms with Crippen LogP contribution in [0.4, 0.5) is 5.69 Å². The van der Waals surface area contributed by atoms with E-state index in [0.29, 0.717) is 26.2 Å². The van der Waals surface area contributed by atoms with Gasteiger partial charge in [-0.05, 0) is 49.6 Å². The molecule has 2 aromatic carbocycles. The third kappa shape index (κ3) is 3.93. The topological polar surface area (TPSA) is 62.6 Å². The molecule has 1 saturated heterocycles. The summed E-state index contributed by atoms with van der Waals surface area (Å²) >= 11 is 0. The minimum Gasteiger partial charge on any atom is -0.369 e.